The second kappa shape index (κ2) is 8.70. The van der Waals surface area contributed by atoms with Gasteiger partial charge in [-0.15, -0.1) is 0 Å². The zero-order valence-corrected chi connectivity index (χ0v) is 13.0. The number of anilines is 1. The number of methoxy groups -OCH3 is 1. The normalized spacial score (nSPS) is 10.1. The summed E-state index contributed by atoms with van der Waals surface area (Å²) >= 11 is 0. The zero-order chi connectivity index (χ0) is 16.5. The van der Waals surface area contributed by atoms with Crippen molar-refractivity contribution >= 4 is 17.5 Å². The summed E-state index contributed by atoms with van der Waals surface area (Å²) in [5.41, 5.74) is 2.04. The van der Waals surface area contributed by atoms with Crippen LogP contribution < -0.4 is 10.6 Å². The molecule has 0 unspecified atom stereocenters. The second-order valence-electron chi connectivity index (χ2n) is 5.04. The lowest BCUT2D eigenvalue weighted by Gasteiger charge is -2.08. The topological polar surface area (TPSA) is 67.4 Å². The molecule has 0 aliphatic heterocycles. The third kappa shape index (κ3) is 5.56. The van der Waals surface area contributed by atoms with Crippen LogP contribution in [0.5, 0.6) is 0 Å². The first-order valence-electron chi connectivity index (χ1n) is 7.40. The van der Waals surface area contributed by atoms with E-state index in [0.717, 1.165) is 5.56 Å². The van der Waals surface area contributed by atoms with E-state index in [1.807, 2.05) is 30.3 Å². The van der Waals surface area contributed by atoms with Crippen LogP contribution in [0.15, 0.2) is 54.6 Å². The number of hydrogen-bond acceptors (Lipinski definition) is 3. The molecule has 0 saturated heterocycles. The van der Waals surface area contributed by atoms with Crippen LogP contribution in [0.1, 0.15) is 15.9 Å². The van der Waals surface area contributed by atoms with E-state index in [-0.39, 0.29) is 11.8 Å². The first-order chi connectivity index (χ1) is 11.2. The quantitative estimate of drug-likeness (QED) is 0.771. The van der Waals surface area contributed by atoms with Gasteiger partial charge in [-0.3, -0.25) is 9.59 Å². The molecular formula is C18H20N2O3. The van der Waals surface area contributed by atoms with Crippen molar-refractivity contribution in [2.45, 2.75) is 6.42 Å². The molecule has 2 amide bonds. The molecule has 0 fully saturated rings. The minimum Gasteiger partial charge on any atom is -0.383 e. The molecule has 23 heavy (non-hydrogen) atoms. The standard InChI is InChI=1S/C18H20N2O3/c1-23-11-10-19-18(22)15-8-5-9-16(13-15)20-17(21)12-14-6-3-2-4-7-14/h2-9,13H,10-12H2,1H3,(H,19,22)(H,20,21). The highest BCUT2D eigenvalue weighted by Gasteiger charge is 2.08. The Bertz CT molecular complexity index is 656. The Kier molecular flexibility index (Phi) is 6.32. The van der Waals surface area contributed by atoms with Gasteiger partial charge in [-0.25, -0.2) is 0 Å². The van der Waals surface area contributed by atoms with Crippen molar-refractivity contribution in [2.75, 3.05) is 25.6 Å². The summed E-state index contributed by atoms with van der Waals surface area (Å²) in [7, 11) is 1.58. The van der Waals surface area contributed by atoms with Crippen LogP contribution >= 0.6 is 0 Å². The maximum atomic E-state index is 12.0. The van der Waals surface area contributed by atoms with Gasteiger partial charge in [0.05, 0.1) is 13.0 Å². The van der Waals surface area contributed by atoms with Gasteiger partial charge >= 0.3 is 0 Å². The molecule has 0 aliphatic carbocycles. The molecule has 5 heteroatoms. The van der Waals surface area contributed by atoms with Gasteiger partial charge in [0.15, 0.2) is 0 Å². The van der Waals surface area contributed by atoms with Crippen molar-refractivity contribution in [2.24, 2.45) is 0 Å². The van der Waals surface area contributed by atoms with Gasteiger partial charge in [0.25, 0.3) is 5.91 Å². The lowest BCUT2D eigenvalue weighted by molar-refractivity contribution is -0.115. The lowest BCUT2D eigenvalue weighted by atomic mass is 10.1. The van der Waals surface area contributed by atoms with E-state index in [1.165, 1.54) is 0 Å². The van der Waals surface area contributed by atoms with Crippen LogP contribution in [0.3, 0.4) is 0 Å². The summed E-state index contributed by atoms with van der Waals surface area (Å²) in [6, 6.07) is 16.4. The largest absolute Gasteiger partial charge is 0.383 e. The first kappa shape index (κ1) is 16.7. The fourth-order valence-corrected chi connectivity index (χ4v) is 2.09. The summed E-state index contributed by atoms with van der Waals surface area (Å²) < 4.78 is 4.89. The van der Waals surface area contributed by atoms with E-state index in [1.54, 1.807) is 31.4 Å². The SMILES string of the molecule is COCCNC(=O)c1cccc(NC(=O)Cc2ccccc2)c1. The Labute approximate surface area is 135 Å². The van der Waals surface area contributed by atoms with Gasteiger partial charge in [-0.05, 0) is 23.8 Å². The smallest absolute Gasteiger partial charge is 0.251 e. The van der Waals surface area contributed by atoms with Crippen LogP contribution in [0, 0.1) is 0 Å². The molecule has 0 bridgehead atoms. The van der Waals surface area contributed by atoms with Gasteiger partial charge in [0.2, 0.25) is 5.91 Å². The highest BCUT2D eigenvalue weighted by atomic mass is 16.5. The number of carbonyl (C=O) groups is 2. The Hall–Kier alpha value is -2.66. The van der Waals surface area contributed by atoms with E-state index >= 15 is 0 Å². The van der Waals surface area contributed by atoms with Crippen molar-refractivity contribution < 1.29 is 14.3 Å². The molecule has 2 aromatic rings. The molecule has 0 spiro atoms. The number of rotatable bonds is 7. The monoisotopic (exact) mass is 312 g/mol. The molecular weight excluding hydrogens is 292 g/mol. The van der Waals surface area contributed by atoms with E-state index in [2.05, 4.69) is 10.6 Å². The van der Waals surface area contributed by atoms with Crippen molar-refractivity contribution in [1.29, 1.82) is 0 Å². The predicted molar refractivity (Wildman–Crippen MR) is 89.4 cm³/mol. The third-order valence-corrected chi connectivity index (χ3v) is 3.21. The maximum Gasteiger partial charge on any atom is 0.251 e. The van der Waals surface area contributed by atoms with E-state index in [4.69, 9.17) is 4.74 Å². The Morgan fingerprint density at radius 1 is 1.04 bits per heavy atom. The average Bonchev–Trinajstić information content (AvgIpc) is 2.56. The minimum atomic E-state index is -0.193. The summed E-state index contributed by atoms with van der Waals surface area (Å²) in [6.07, 6.45) is 0.297. The summed E-state index contributed by atoms with van der Waals surface area (Å²) in [5.74, 6) is -0.311. The molecule has 2 rings (SSSR count). The number of amides is 2. The van der Waals surface area contributed by atoms with Gasteiger partial charge in [0.1, 0.15) is 0 Å². The molecule has 5 nitrogen and oxygen atoms in total. The highest BCUT2D eigenvalue weighted by molar-refractivity contribution is 5.97. The van der Waals surface area contributed by atoms with Crippen molar-refractivity contribution in [3.05, 3.63) is 65.7 Å². The number of hydrogen-bond donors (Lipinski definition) is 2. The first-order valence-corrected chi connectivity index (χ1v) is 7.40. The van der Waals surface area contributed by atoms with Crippen molar-refractivity contribution in [3.8, 4) is 0 Å². The van der Waals surface area contributed by atoms with E-state index in [0.29, 0.717) is 30.8 Å². The summed E-state index contributed by atoms with van der Waals surface area (Å²) in [4.78, 5) is 24.0. The third-order valence-electron chi connectivity index (χ3n) is 3.21. The zero-order valence-electron chi connectivity index (χ0n) is 13.0. The van der Waals surface area contributed by atoms with Crippen LogP contribution in [0.4, 0.5) is 5.69 Å². The fourth-order valence-electron chi connectivity index (χ4n) is 2.09. The molecule has 120 valence electrons. The van der Waals surface area contributed by atoms with Crippen LogP contribution in [-0.2, 0) is 16.0 Å². The van der Waals surface area contributed by atoms with Crippen LogP contribution in [-0.4, -0.2) is 32.1 Å². The second-order valence-corrected chi connectivity index (χ2v) is 5.04. The van der Waals surface area contributed by atoms with E-state index < -0.39 is 0 Å². The van der Waals surface area contributed by atoms with E-state index in [9.17, 15) is 9.59 Å². The molecule has 0 radical (unpaired) electrons. The molecule has 0 aromatic heterocycles. The fraction of sp³-hybridized carbons (Fsp3) is 0.222. The molecule has 0 atom stereocenters. The van der Waals surface area contributed by atoms with Gasteiger partial charge < -0.3 is 15.4 Å². The molecule has 0 heterocycles. The number of benzene rings is 2. The van der Waals surface area contributed by atoms with Gasteiger partial charge in [-0.1, -0.05) is 36.4 Å². The molecule has 0 saturated carbocycles. The Morgan fingerprint density at radius 3 is 2.57 bits per heavy atom. The van der Waals surface area contributed by atoms with Crippen LogP contribution in [0.2, 0.25) is 0 Å². The number of ether oxygens (including phenoxy) is 1. The van der Waals surface area contributed by atoms with Gasteiger partial charge in [-0.2, -0.15) is 0 Å². The van der Waals surface area contributed by atoms with Crippen LogP contribution in [0.25, 0.3) is 0 Å². The average molecular weight is 312 g/mol. The number of nitrogens with one attached hydrogen (secondary N) is 2. The van der Waals surface area contributed by atoms with Crippen molar-refractivity contribution in [1.82, 2.24) is 5.32 Å². The van der Waals surface area contributed by atoms with Gasteiger partial charge in [0, 0.05) is 24.9 Å². The summed E-state index contributed by atoms with van der Waals surface area (Å²) in [6.45, 7) is 0.902. The lowest BCUT2D eigenvalue weighted by Crippen LogP contribution is -2.27. The molecule has 0 aliphatic rings. The number of carbonyl (C=O) groups excluding carboxylic acids is 2. The molecule has 2 aromatic carbocycles. The maximum absolute atomic E-state index is 12.0. The Morgan fingerprint density at radius 2 is 1.83 bits per heavy atom. The molecule has 2 N–H and O–H groups in total. The predicted octanol–water partition coefficient (Wildman–Crippen LogP) is 2.24. The summed E-state index contributed by atoms with van der Waals surface area (Å²) in [5, 5.41) is 5.55. The minimum absolute atomic E-state index is 0.117. The van der Waals surface area contributed by atoms with Crippen molar-refractivity contribution in [3.63, 3.8) is 0 Å². The Balaban J connectivity index is 1.94. The highest BCUT2D eigenvalue weighted by Crippen LogP contribution is 2.11.